The van der Waals surface area contributed by atoms with Gasteiger partial charge in [0, 0.05) is 25.8 Å². The highest BCUT2D eigenvalue weighted by molar-refractivity contribution is 5.77. The van der Waals surface area contributed by atoms with Crippen molar-refractivity contribution in [2.24, 2.45) is 0 Å². The van der Waals surface area contributed by atoms with E-state index in [-0.39, 0.29) is 18.3 Å². The van der Waals surface area contributed by atoms with Crippen LogP contribution in [0.5, 0.6) is 0 Å². The molecule has 0 saturated heterocycles. The number of nitrogens with one attached hydrogen (secondary N) is 1. The third kappa shape index (κ3) is 5.76. The monoisotopic (exact) mass is 330 g/mol. The van der Waals surface area contributed by atoms with Gasteiger partial charge in [-0.1, -0.05) is 42.5 Å². The zero-order valence-electron chi connectivity index (χ0n) is 14.1. The second-order valence-electron chi connectivity index (χ2n) is 5.79. The predicted molar refractivity (Wildman–Crippen MR) is 91.7 cm³/mol. The maximum absolute atomic E-state index is 13.6. The van der Waals surface area contributed by atoms with Crippen LogP contribution in [0.3, 0.4) is 0 Å². The minimum atomic E-state index is -0.249. The first-order valence-electron chi connectivity index (χ1n) is 7.84. The van der Waals surface area contributed by atoms with Gasteiger partial charge in [-0.25, -0.2) is 4.39 Å². The number of ether oxygens (including phenoxy) is 1. The van der Waals surface area contributed by atoms with Crippen molar-refractivity contribution in [3.63, 3.8) is 0 Å². The molecule has 0 saturated carbocycles. The molecule has 5 heteroatoms. The fourth-order valence-corrected chi connectivity index (χ4v) is 2.40. The summed E-state index contributed by atoms with van der Waals surface area (Å²) < 4.78 is 18.7. The van der Waals surface area contributed by atoms with Crippen molar-refractivity contribution in [2.75, 3.05) is 20.7 Å². The zero-order chi connectivity index (χ0) is 17.4. The van der Waals surface area contributed by atoms with Gasteiger partial charge in [-0.05, 0) is 24.2 Å². The van der Waals surface area contributed by atoms with Crippen LogP contribution in [0.2, 0.25) is 0 Å². The molecule has 0 aliphatic heterocycles. The molecule has 1 amide bonds. The molecule has 0 aliphatic carbocycles. The molecule has 2 aromatic rings. The molecule has 0 aliphatic rings. The minimum absolute atomic E-state index is 0.0881. The fourth-order valence-electron chi connectivity index (χ4n) is 2.40. The van der Waals surface area contributed by atoms with E-state index in [4.69, 9.17) is 4.74 Å². The molecule has 0 atom stereocenters. The van der Waals surface area contributed by atoms with Crippen molar-refractivity contribution in [2.45, 2.75) is 19.7 Å². The summed E-state index contributed by atoms with van der Waals surface area (Å²) in [5.74, 6) is -0.337. The molecule has 0 aromatic heterocycles. The average molecular weight is 330 g/mol. The van der Waals surface area contributed by atoms with Crippen molar-refractivity contribution in [3.05, 3.63) is 71.0 Å². The van der Waals surface area contributed by atoms with Gasteiger partial charge < -0.3 is 10.1 Å². The van der Waals surface area contributed by atoms with Crippen LogP contribution in [-0.4, -0.2) is 31.5 Å². The second-order valence-corrected chi connectivity index (χ2v) is 5.79. The van der Waals surface area contributed by atoms with Crippen LogP contribution in [0.25, 0.3) is 0 Å². The van der Waals surface area contributed by atoms with E-state index in [1.54, 1.807) is 37.3 Å². The Balaban J connectivity index is 1.77. The average Bonchev–Trinajstić information content (AvgIpc) is 2.56. The lowest BCUT2D eigenvalue weighted by molar-refractivity contribution is -0.122. The Morgan fingerprint density at radius 2 is 1.79 bits per heavy atom. The Bertz CT molecular complexity index is 659. The highest BCUT2D eigenvalue weighted by Crippen LogP contribution is 2.09. The van der Waals surface area contributed by atoms with Gasteiger partial charge >= 0.3 is 0 Å². The van der Waals surface area contributed by atoms with Crippen molar-refractivity contribution in [3.8, 4) is 0 Å². The number of nitrogens with zero attached hydrogens (tertiary/aromatic N) is 1. The number of hydrogen-bond acceptors (Lipinski definition) is 3. The second kappa shape index (κ2) is 9.15. The van der Waals surface area contributed by atoms with Crippen LogP contribution in [0.4, 0.5) is 4.39 Å². The molecule has 0 bridgehead atoms. The smallest absolute Gasteiger partial charge is 0.234 e. The van der Waals surface area contributed by atoms with Crippen LogP contribution < -0.4 is 5.32 Å². The lowest BCUT2D eigenvalue weighted by Crippen LogP contribution is -2.34. The third-order valence-corrected chi connectivity index (χ3v) is 3.64. The van der Waals surface area contributed by atoms with Gasteiger partial charge in [-0.3, -0.25) is 9.69 Å². The van der Waals surface area contributed by atoms with Crippen LogP contribution >= 0.6 is 0 Å². The predicted octanol–water partition coefficient (Wildman–Crippen LogP) is 2.72. The molecule has 24 heavy (non-hydrogen) atoms. The number of amides is 1. The Hall–Kier alpha value is -2.24. The van der Waals surface area contributed by atoms with Gasteiger partial charge in [-0.2, -0.15) is 0 Å². The van der Waals surface area contributed by atoms with Gasteiger partial charge in [0.15, 0.2) is 0 Å². The van der Waals surface area contributed by atoms with E-state index in [9.17, 15) is 9.18 Å². The Kier molecular flexibility index (Phi) is 6.90. The van der Waals surface area contributed by atoms with E-state index in [1.165, 1.54) is 6.07 Å². The molecule has 0 unspecified atom stereocenters. The van der Waals surface area contributed by atoms with E-state index >= 15 is 0 Å². The number of benzene rings is 2. The summed E-state index contributed by atoms with van der Waals surface area (Å²) in [5.41, 5.74) is 2.71. The fraction of sp³-hybridized carbons (Fsp3) is 0.316. The van der Waals surface area contributed by atoms with Crippen molar-refractivity contribution < 1.29 is 13.9 Å². The molecule has 4 nitrogen and oxygen atoms in total. The number of halogens is 1. The van der Waals surface area contributed by atoms with Gasteiger partial charge in [-0.15, -0.1) is 0 Å². The number of carbonyl (C=O) groups excluding carboxylic acids is 1. The van der Waals surface area contributed by atoms with E-state index in [2.05, 4.69) is 5.32 Å². The number of methoxy groups -OCH3 is 1. The number of hydrogen-bond donors (Lipinski definition) is 1. The van der Waals surface area contributed by atoms with Gasteiger partial charge in [0.2, 0.25) is 5.91 Å². The molecule has 1 N–H and O–H groups in total. The molecule has 0 fully saturated rings. The first-order valence-corrected chi connectivity index (χ1v) is 7.84. The van der Waals surface area contributed by atoms with E-state index < -0.39 is 0 Å². The lowest BCUT2D eigenvalue weighted by Gasteiger charge is -2.16. The van der Waals surface area contributed by atoms with Gasteiger partial charge in [0.1, 0.15) is 5.82 Å². The minimum Gasteiger partial charge on any atom is -0.380 e. The summed E-state index contributed by atoms with van der Waals surface area (Å²) in [5, 5.41) is 2.88. The van der Waals surface area contributed by atoms with Crippen LogP contribution in [0.1, 0.15) is 16.7 Å². The maximum Gasteiger partial charge on any atom is 0.234 e. The van der Waals surface area contributed by atoms with Crippen molar-refractivity contribution >= 4 is 5.91 Å². The Morgan fingerprint density at radius 1 is 1.12 bits per heavy atom. The SMILES string of the molecule is COCc1ccc(CNC(=O)CN(C)Cc2ccccc2F)cc1. The molecule has 2 rings (SSSR count). The quantitative estimate of drug-likeness (QED) is 0.809. The summed E-state index contributed by atoms with van der Waals surface area (Å²) in [7, 11) is 3.46. The topological polar surface area (TPSA) is 41.6 Å². The van der Waals surface area contributed by atoms with Crippen LogP contribution in [0.15, 0.2) is 48.5 Å². The normalized spacial score (nSPS) is 10.8. The summed E-state index contributed by atoms with van der Waals surface area (Å²) in [6.07, 6.45) is 0. The highest BCUT2D eigenvalue weighted by atomic mass is 19.1. The Morgan fingerprint density at radius 3 is 2.46 bits per heavy atom. The van der Waals surface area contributed by atoms with E-state index in [0.29, 0.717) is 25.3 Å². The van der Waals surface area contributed by atoms with Crippen LogP contribution in [-0.2, 0) is 29.2 Å². The summed E-state index contributed by atoms with van der Waals surface area (Å²) in [4.78, 5) is 13.8. The van der Waals surface area contributed by atoms with Gasteiger partial charge in [0.25, 0.3) is 0 Å². The van der Waals surface area contributed by atoms with Gasteiger partial charge in [0.05, 0.1) is 13.2 Å². The van der Waals surface area contributed by atoms with Crippen LogP contribution in [0, 0.1) is 5.82 Å². The maximum atomic E-state index is 13.6. The molecule has 128 valence electrons. The Labute approximate surface area is 142 Å². The number of likely N-dealkylation sites (N-methyl/N-ethyl adjacent to an activating group) is 1. The molecular formula is C19H23FN2O2. The summed E-state index contributed by atoms with van der Waals surface area (Å²) >= 11 is 0. The largest absolute Gasteiger partial charge is 0.380 e. The lowest BCUT2D eigenvalue weighted by atomic mass is 10.1. The molecular weight excluding hydrogens is 307 g/mol. The van der Waals surface area contributed by atoms with Crippen molar-refractivity contribution in [1.82, 2.24) is 10.2 Å². The molecule has 0 heterocycles. The zero-order valence-corrected chi connectivity index (χ0v) is 14.1. The third-order valence-electron chi connectivity index (χ3n) is 3.64. The number of carbonyl (C=O) groups is 1. The van der Waals surface area contributed by atoms with Crippen molar-refractivity contribution in [1.29, 1.82) is 0 Å². The summed E-state index contributed by atoms with van der Waals surface area (Å²) in [6.45, 7) is 1.66. The van der Waals surface area contributed by atoms with E-state index in [1.807, 2.05) is 24.3 Å². The highest BCUT2D eigenvalue weighted by Gasteiger charge is 2.09. The molecule has 0 radical (unpaired) electrons. The van der Waals surface area contributed by atoms with E-state index in [0.717, 1.165) is 11.1 Å². The first-order chi connectivity index (χ1) is 11.6. The summed E-state index contributed by atoms with van der Waals surface area (Å²) in [6, 6.07) is 14.5. The first kappa shape index (κ1) is 18.1. The molecule has 0 spiro atoms. The molecule has 2 aromatic carbocycles. The number of rotatable bonds is 8. The standard InChI is InChI=1S/C19H23FN2O2/c1-22(12-17-5-3-4-6-18(17)20)13-19(23)21-11-15-7-9-16(10-8-15)14-24-2/h3-10H,11-14H2,1-2H3,(H,21,23).